The molecule has 0 saturated heterocycles. The molecule has 0 heterocycles. The lowest BCUT2D eigenvalue weighted by Gasteiger charge is -2.13. The molecule has 60 valence electrons. The highest BCUT2D eigenvalue weighted by Gasteiger charge is 2.19. The predicted octanol–water partition coefficient (Wildman–Crippen LogP) is 3.71. The van der Waals surface area contributed by atoms with Gasteiger partial charge in [0.25, 0.3) is 2.88 Å². The summed E-state index contributed by atoms with van der Waals surface area (Å²) >= 11 is 11.8. The second-order valence-corrected chi connectivity index (χ2v) is 6.60. The van der Waals surface area contributed by atoms with Gasteiger partial charge in [-0.15, -0.1) is 0 Å². The van der Waals surface area contributed by atoms with Gasteiger partial charge in [0.05, 0.1) is 0 Å². The fraction of sp³-hybridized carbons (Fsp3) is 0.143. The van der Waals surface area contributed by atoms with Crippen molar-refractivity contribution in [3.8, 4) is 5.75 Å². The standard InChI is InChI=1S/C7H5Br2ClO/c8-7(9,10)11-6-4-2-1-3-5-6/h1-5H. The van der Waals surface area contributed by atoms with Gasteiger partial charge in [0.15, 0.2) is 0 Å². The maximum Gasteiger partial charge on any atom is 0.293 e. The summed E-state index contributed by atoms with van der Waals surface area (Å²) in [6.45, 7) is 0. The highest BCUT2D eigenvalue weighted by molar-refractivity contribution is 9.26. The van der Waals surface area contributed by atoms with Crippen LogP contribution in [-0.2, 0) is 0 Å². The van der Waals surface area contributed by atoms with Crippen LogP contribution < -0.4 is 4.74 Å². The van der Waals surface area contributed by atoms with Gasteiger partial charge >= 0.3 is 0 Å². The number of alkyl halides is 3. The van der Waals surface area contributed by atoms with Crippen LogP contribution in [0, 0.1) is 0 Å². The molecule has 0 atom stereocenters. The molecule has 0 saturated carbocycles. The second kappa shape index (κ2) is 3.78. The number of rotatable bonds is 2. The molecule has 0 amide bonds. The zero-order valence-corrected chi connectivity index (χ0v) is 9.36. The third kappa shape index (κ3) is 3.99. The highest BCUT2D eigenvalue weighted by Crippen LogP contribution is 2.33. The minimum absolute atomic E-state index is 0.705. The largest absolute Gasteiger partial charge is 0.452 e. The van der Waals surface area contributed by atoms with Gasteiger partial charge in [-0.05, 0) is 55.6 Å². The number of para-hydroxylation sites is 1. The van der Waals surface area contributed by atoms with E-state index in [1.807, 2.05) is 30.3 Å². The Morgan fingerprint density at radius 3 is 2.18 bits per heavy atom. The van der Waals surface area contributed by atoms with Crippen molar-refractivity contribution in [2.24, 2.45) is 0 Å². The fourth-order valence-corrected chi connectivity index (χ4v) is 1.09. The number of benzene rings is 1. The molecule has 1 rings (SSSR count). The van der Waals surface area contributed by atoms with E-state index in [9.17, 15) is 0 Å². The molecule has 0 aliphatic rings. The average Bonchev–Trinajstić information content (AvgIpc) is 1.85. The Bertz CT molecular complexity index is 220. The van der Waals surface area contributed by atoms with Crippen molar-refractivity contribution < 1.29 is 4.74 Å². The van der Waals surface area contributed by atoms with Crippen LogP contribution >= 0.6 is 43.5 Å². The zero-order valence-electron chi connectivity index (χ0n) is 5.43. The van der Waals surface area contributed by atoms with E-state index >= 15 is 0 Å². The summed E-state index contributed by atoms with van der Waals surface area (Å²) in [4.78, 5) is 0. The van der Waals surface area contributed by atoms with Crippen LogP contribution in [0.4, 0.5) is 0 Å². The van der Waals surface area contributed by atoms with E-state index in [4.69, 9.17) is 16.3 Å². The monoisotopic (exact) mass is 298 g/mol. The Hall–Kier alpha value is 0.270. The Balaban J connectivity index is 2.66. The Morgan fingerprint density at radius 1 is 1.18 bits per heavy atom. The summed E-state index contributed by atoms with van der Waals surface area (Å²) in [5.41, 5.74) is 0. The Kier molecular flexibility index (Phi) is 3.22. The quantitative estimate of drug-likeness (QED) is 0.757. The zero-order chi connectivity index (χ0) is 8.32. The van der Waals surface area contributed by atoms with Crippen LogP contribution in [0.5, 0.6) is 5.75 Å². The smallest absolute Gasteiger partial charge is 0.293 e. The normalized spacial score (nSPS) is 11.2. The summed E-state index contributed by atoms with van der Waals surface area (Å²) in [6.07, 6.45) is 0. The molecule has 0 aromatic heterocycles. The first kappa shape index (κ1) is 9.36. The molecule has 1 nitrogen and oxygen atoms in total. The molecule has 1 aromatic rings. The van der Waals surface area contributed by atoms with E-state index in [2.05, 4.69) is 31.9 Å². The van der Waals surface area contributed by atoms with E-state index in [0.29, 0.717) is 5.75 Å². The molecular formula is C7H5Br2ClO. The summed E-state index contributed by atoms with van der Waals surface area (Å²) in [5.74, 6) is 0.705. The molecule has 0 fully saturated rings. The van der Waals surface area contributed by atoms with Crippen molar-refractivity contribution in [2.45, 2.75) is 2.88 Å². The lowest BCUT2D eigenvalue weighted by Crippen LogP contribution is -2.10. The summed E-state index contributed by atoms with van der Waals surface area (Å²) < 4.78 is 4.20. The SMILES string of the molecule is ClC(Br)(Br)Oc1ccccc1. The van der Waals surface area contributed by atoms with Crippen LogP contribution in [0.3, 0.4) is 0 Å². The van der Waals surface area contributed by atoms with Crippen LogP contribution in [0.2, 0.25) is 0 Å². The topological polar surface area (TPSA) is 9.23 Å². The van der Waals surface area contributed by atoms with Gasteiger partial charge in [-0.2, -0.15) is 0 Å². The van der Waals surface area contributed by atoms with E-state index in [1.165, 1.54) is 0 Å². The lowest BCUT2D eigenvalue weighted by atomic mass is 10.3. The van der Waals surface area contributed by atoms with Crippen molar-refractivity contribution in [2.75, 3.05) is 0 Å². The molecule has 0 aliphatic carbocycles. The van der Waals surface area contributed by atoms with Crippen molar-refractivity contribution in [1.29, 1.82) is 0 Å². The first-order valence-corrected chi connectivity index (χ1v) is 4.85. The number of hydrogen-bond acceptors (Lipinski definition) is 1. The highest BCUT2D eigenvalue weighted by atomic mass is 79.9. The first-order chi connectivity index (χ1) is 5.08. The molecule has 0 unspecified atom stereocenters. The van der Waals surface area contributed by atoms with Crippen molar-refractivity contribution in [1.82, 2.24) is 0 Å². The van der Waals surface area contributed by atoms with Gasteiger partial charge in [0.2, 0.25) is 0 Å². The molecule has 0 spiro atoms. The second-order valence-electron chi connectivity index (χ2n) is 1.86. The summed E-state index contributed by atoms with van der Waals surface area (Å²) in [7, 11) is 0. The number of ether oxygens (including phenoxy) is 1. The molecule has 4 heteroatoms. The van der Waals surface area contributed by atoms with Gasteiger partial charge in [0, 0.05) is 0 Å². The molecule has 0 N–H and O–H groups in total. The molecule has 0 bridgehead atoms. The van der Waals surface area contributed by atoms with Gasteiger partial charge in [-0.1, -0.05) is 18.2 Å². The van der Waals surface area contributed by atoms with Gasteiger partial charge in [-0.3, -0.25) is 0 Å². The fourth-order valence-electron chi connectivity index (χ4n) is 0.622. The maximum atomic E-state index is 5.68. The molecule has 0 radical (unpaired) electrons. The van der Waals surface area contributed by atoms with Crippen molar-refractivity contribution in [3.05, 3.63) is 30.3 Å². The van der Waals surface area contributed by atoms with Gasteiger partial charge < -0.3 is 4.74 Å². The van der Waals surface area contributed by atoms with E-state index in [0.717, 1.165) is 0 Å². The predicted molar refractivity (Wildman–Crippen MR) is 53.5 cm³/mol. The molecular weight excluding hydrogens is 295 g/mol. The molecule has 1 aromatic carbocycles. The number of halogens is 3. The number of hydrogen-bond donors (Lipinski definition) is 0. The van der Waals surface area contributed by atoms with Crippen LogP contribution in [0.1, 0.15) is 0 Å². The van der Waals surface area contributed by atoms with Crippen LogP contribution in [0.25, 0.3) is 0 Å². The Labute approximate surface area is 86.9 Å². The Morgan fingerprint density at radius 2 is 1.73 bits per heavy atom. The van der Waals surface area contributed by atoms with Gasteiger partial charge in [0.1, 0.15) is 5.75 Å². The van der Waals surface area contributed by atoms with Crippen LogP contribution in [-0.4, -0.2) is 2.88 Å². The van der Waals surface area contributed by atoms with E-state index in [1.54, 1.807) is 0 Å². The van der Waals surface area contributed by atoms with E-state index < -0.39 is 2.88 Å². The minimum atomic E-state index is -0.999. The van der Waals surface area contributed by atoms with Gasteiger partial charge in [-0.25, -0.2) is 0 Å². The summed E-state index contributed by atoms with van der Waals surface area (Å²) in [6, 6.07) is 9.29. The van der Waals surface area contributed by atoms with Crippen LogP contribution in [0.15, 0.2) is 30.3 Å². The molecule has 0 aliphatic heterocycles. The van der Waals surface area contributed by atoms with Crippen molar-refractivity contribution >= 4 is 43.5 Å². The third-order valence-corrected chi connectivity index (χ3v) is 1.38. The van der Waals surface area contributed by atoms with E-state index in [-0.39, 0.29) is 0 Å². The minimum Gasteiger partial charge on any atom is -0.452 e. The maximum absolute atomic E-state index is 5.68. The third-order valence-electron chi connectivity index (χ3n) is 0.977. The lowest BCUT2D eigenvalue weighted by molar-refractivity contribution is 0.345. The average molecular weight is 300 g/mol. The molecule has 11 heavy (non-hydrogen) atoms. The summed E-state index contributed by atoms with van der Waals surface area (Å²) in [5, 5.41) is 0. The van der Waals surface area contributed by atoms with Crippen molar-refractivity contribution in [3.63, 3.8) is 0 Å². The first-order valence-electron chi connectivity index (χ1n) is 2.89.